The molecule has 2 atom stereocenters. The molecular formula is C14H16N4O2. The minimum absolute atomic E-state index is 0.0614. The van der Waals surface area contributed by atoms with Gasteiger partial charge in [0.1, 0.15) is 17.3 Å². The number of hydrogen-bond acceptors (Lipinski definition) is 5. The molecule has 0 spiro atoms. The average molecular weight is 272 g/mol. The molecule has 2 fully saturated rings. The predicted octanol–water partition coefficient (Wildman–Crippen LogP) is 1.65. The van der Waals surface area contributed by atoms with Crippen LogP contribution in [-0.4, -0.2) is 30.6 Å². The first-order valence-corrected chi connectivity index (χ1v) is 6.86. The minimum Gasteiger partial charge on any atom is -0.364 e. The molecule has 0 aromatic heterocycles. The van der Waals surface area contributed by atoms with Crippen LogP contribution in [0.3, 0.4) is 0 Å². The van der Waals surface area contributed by atoms with Crippen LogP contribution < -0.4 is 10.2 Å². The van der Waals surface area contributed by atoms with Crippen LogP contribution in [0.15, 0.2) is 18.2 Å². The zero-order chi connectivity index (χ0) is 14.1. The van der Waals surface area contributed by atoms with Gasteiger partial charge in [0.15, 0.2) is 0 Å². The first-order valence-electron chi connectivity index (χ1n) is 6.86. The van der Waals surface area contributed by atoms with Crippen molar-refractivity contribution in [2.75, 3.05) is 24.5 Å². The molecule has 0 radical (unpaired) electrons. The van der Waals surface area contributed by atoms with E-state index in [2.05, 4.69) is 5.32 Å². The lowest BCUT2D eigenvalue weighted by Crippen LogP contribution is -2.40. The van der Waals surface area contributed by atoms with E-state index in [1.54, 1.807) is 12.1 Å². The number of benzene rings is 1. The Morgan fingerprint density at radius 2 is 2.30 bits per heavy atom. The first-order chi connectivity index (χ1) is 9.70. The maximum Gasteiger partial charge on any atom is 0.310 e. The van der Waals surface area contributed by atoms with E-state index in [0.717, 1.165) is 26.1 Å². The first kappa shape index (κ1) is 12.9. The number of anilines is 1. The van der Waals surface area contributed by atoms with Crippen LogP contribution in [0.4, 0.5) is 11.4 Å². The van der Waals surface area contributed by atoms with E-state index in [0.29, 0.717) is 17.6 Å². The maximum atomic E-state index is 11.3. The molecule has 104 valence electrons. The van der Waals surface area contributed by atoms with Crippen molar-refractivity contribution in [3.8, 4) is 6.07 Å². The topological polar surface area (TPSA) is 82.2 Å². The molecular weight excluding hydrogens is 256 g/mol. The molecule has 2 saturated heterocycles. The highest BCUT2D eigenvalue weighted by Crippen LogP contribution is 2.36. The maximum absolute atomic E-state index is 11.3. The van der Waals surface area contributed by atoms with Crippen molar-refractivity contribution in [1.82, 2.24) is 5.32 Å². The minimum atomic E-state index is -0.441. The molecule has 1 aromatic carbocycles. The summed E-state index contributed by atoms with van der Waals surface area (Å²) in [4.78, 5) is 12.9. The highest BCUT2D eigenvalue weighted by atomic mass is 16.6. The SMILES string of the molecule is N#Cc1cccc(N2C[C@@H]3CCCN[C@@H]3C2)c1[N+](=O)[O-]. The molecule has 1 N–H and O–H groups in total. The molecule has 0 amide bonds. The van der Waals surface area contributed by atoms with Gasteiger partial charge in [-0.1, -0.05) is 6.07 Å². The largest absolute Gasteiger partial charge is 0.364 e. The van der Waals surface area contributed by atoms with Gasteiger partial charge in [0.25, 0.3) is 0 Å². The predicted molar refractivity (Wildman–Crippen MR) is 74.5 cm³/mol. The average Bonchev–Trinajstić information content (AvgIpc) is 2.90. The molecule has 2 aliphatic rings. The number of para-hydroxylation sites is 1. The summed E-state index contributed by atoms with van der Waals surface area (Å²) in [5, 5.41) is 23.8. The molecule has 2 heterocycles. The second-order valence-corrected chi connectivity index (χ2v) is 5.41. The summed E-state index contributed by atoms with van der Waals surface area (Å²) in [5.74, 6) is 0.550. The Morgan fingerprint density at radius 3 is 3.00 bits per heavy atom. The van der Waals surface area contributed by atoms with Crippen molar-refractivity contribution < 1.29 is 4.92 Å². The molecule has 0 unspecified atom stereocenters. The second kappa shape index (κ2) is 5.10. The van der Waals surface area contributed by atoms with E-state index in [9.17, 15) is 10.1 Å². The lowest BCUT2D eigenvalue weighted by atomic mass is 9.94. The van der Waals surface area contributed by atoms with E-state index in [1.807, 2.05) is 11.0 Å². The number of nitriles is 1. The third-order valence-corrected chi connectivity index (χ3v) is 4.26. The van der Waals surface area contributed by atoms with E-state index >= 15 is 0 Å². The van der Waals surface area contributed by atoms with Gasteiger partial charge in [0.05, 0.1) is 4.92 Å². The number of nitro groups is 1. The van der Waals surface area contributed by atoms with Crippen molar-refractivity contribution in [3.05, 3.63) is 33.9 Å². The molecule has 0 saturated carbocycles. The zero-order valence-electron chi connectivity index (χ0n) is 11.1. The summed E-state index contributed by atoms with van der Waals surface area (Å²) < 4.78 is 0. The molecule has 20 heavy (non-hydrogen) atoms. The molecule has 2 aliphatic heterocycles. The number of piperidine rings is 1. The Labute approximate surface area is 117 Å². The monoisotopic (exact) mass is 272 g/mol. The van der Waals surface area contributed by atoms with E-state index in [1.165, 1.54) is 12.5 Å². The van der Waals surface area contributed by atoms with Crippen molar-refractivity contribution in [3.63, 3.8) is 0 Å². The third-order valence-electron chi connectivity index (χ3n) is 4.26. The summed E-state index contributed by atoms with van der Waals surface area (Å²) in [6.45, 7) is 2.63. The van der Waals surface area contributed by atoms with Crippen LogP contribution in [0.1, 0.15) is 18.4 Å². The van der Waals surface area contributed by atoms with Crippen LogP contribution in [0.25, 0.3) is 0 Å². The second-order valence-electron chi connectivity index (χ2n) is 5.41. The molecule has 0 aliphatic carbocycles. The Bertz CT molecular complexity index is 567. The quantitative estimate of drug-likeness (QED) is 0.654. The summed E-state index contributed by atoms with van der Waals surface area (Å²) in [7, 11) is 0. The third kappa shape index (κ3) is 2.10. The molecule has 6 nitrogen and oxygen atoms in total. The number of hydrogen-bond donors (Lipinski definition) is 1. The van der Waals surface area contributed by atoms with Gasteiger partial charge in [-0.05, 0) is 37.4 Å². The van der Waals surface area contributed by atoms with E-state index in [-0.39, 0.29) is 11.3 Å². The highest BCUT2D eigenvalue weighted by molar-refractivity contribution is 5.70. The lowest BCUT2D eigenvalue weighted by molar-refractivity contribution is -0.384. The van der Waals surface area contributed by atoms with Crippen molar-refractivity contribution >= 4 is 11.4 Å². The van der Waals surface area contributed by atoms with Gasteiger partial charge in [-0.25, -0.2) is 0 Å². The van der Waals surface area contributed by atoms with E-state index < -0.39 is 4.92 Å². The van der Waals surface area contributed by atoms with Crippen molar-refractivity contribution in [2.24, 2.45) is 5.92 Å². The normalized spacial score (nSPS) is 25.1. The van der Waals surface area contributed by atoms with E-state index in [4.69, 9.17) is 5.26 Å². The number of fused-ring (bicyclic) bond motifs is 1. The highest BCUT2D eigenvalue weighted by Gasteiger charge is 2.37. The molecule has 6 heteroatoms. The van der Waals surface area contributed by atoms with Gasteiger partial charge in [-0.3, -0.25) is 10.1 Å². The number of nitrogens with zero attached hydrogens (tertiary/aromatic N) is 3. The van der Waals surface area contributed by atoms with Gasteiger partial charge in [-0.15, -0.1) is 0 Å². The van der Waals surface area contributed by atoms with Crippen LogP contribution in [0, 0.1) is 27.4 Å². The summed E-state index contributed by atoms with van der Waals surface area (Å²) in [5.41, 5.74) is 0.647. The van der Waals surface area contributed by atoms with Gasteiger partial charge in [0.2, 0.25) is 0 Å². The Kier molecular flexibility index (Phi) is 3.28. The van der Waals surface area contributed by atoms with Gasteiger partial charge in [-0.2, -0.15) is 5.26 Å². The summed E-state index contributed by atoms with van der Waals surface area (Å²) in [6, 6.07) is 7.30. The molecule has 3 rings (SSSR count). The smallest absolute Gasteiger partial charge is 0.310 e. The van der Waals surface area contributed by atoms with Gasteiger partial charge >= 0.3 is 5.69 Å². The number of nitro benzene ring substituents is 1. The Balaban J connectivity index is 1.95. The van der Waals surface area contributed by atoms with Gasteiger partial charge < -0.3 is 10.2 Å². The molecule has 0 bridgehead atoms. The Hall–Kier alpha value is -2.13. The zero-order valence-corrected chi connectivity index (χ0v) is 11.1. The Morgan fingerprint density at radius 1 is 1.45 bits per heavy atom. The van der Waals surface area contributed by atoms with Crippen molar-refractivity contribution in [2.45, 2.75) is 18.9 Å². The number of nitrogens with one attached hydrogen (secondary N) is 1. The summed E-state index contributed by atoms with van der Waals surface area (Å²) in [6.07, 6.45) is 2.33. The van der Waals surface area contributed by atoms with Crippen LogP contribution >= 0.6 is 0 Å². The standard InChI is InChI=1S/C14H16N4O2/c15-7-10-3-1-5-13(14(10)18(19)20)17-8-11-4-2-6-16-12(11)9-17/h1,3,5,11-12,16H,2,4,6,8-9H2/t11-,12+/m0/s1. The molecule has 1 aromatic rings. The van der Waals surface area contributed by atoms with Crippen molar-refractivity contribution in [1.29, 1.82) is 5.26 Å². The number of rotatable bonds is 2. The van der Waals surface area contributed by atoms with Crippen LogP contribution in [-0.2, 0) is 0 Å². The van der Waals surface area contributed by atoms with Crippen LogP contribution in [0.5, 0.6) is 0 Å². The van der Waals surface area contributed by atoms with Crippen LogP contribution in [0.2, 0.25) is 0 Å². The fourth-order valence-corrected chi connectivity index (χ4v) is 3.31. The summed E-state index contributed by atoms with van der Waals surface area (Å²) >= 11 is 0. The fraction of sp³-hybridized carbons (Fsp3) is 0.500. The lowest BCUT2D eigenvalue weighted by Gasteiger charge is -2.24. The fourth-order valence-electron chi connectivity index (χ4n) is 3.31. The van der Waals surface area contributed by atoms with Gasteiger partial charge in [0, 0.05) is 19.1 Å².